The van der Waals surface area contributed by atoms with E-state index in [4.69, 9.17) is 15.0 Å². The number of fused-ring (bicyclic) bond motifs is 1. The molecule has 8 heteroatoms. The SMILES string of the molecule is Cl.Cl.Nc1ccccc1OCCCN1CCC(c2noc3cc(F)ccc23)CC1. The van der Waals surface area contributed by atoms with Crippen LogP contribution in [0.5, 0.6) is 5.75 Å². The lowest BCUT2D eigenvalue weighted by atomic mass is 9.91. The highest BCUT2D eigenvalue weighted by atomic mass is 35.5. The molecule has 2 aromatic carbocycles. The Morgan fingerprint density at radius 3 is 2.66 bits per heavy atom. The number of halogens is 3. The Hall–Kier alpha value is -2.02. The van der Waals surface area contributed by atoms with Crippen molar-refractivity contribution in [2.45, 2.75) is 25.2 Å². The molecule has 3 aromatic rings. The summed E-state index contributed by atoms with van der Waals surface area (Å²) in [7, 11) is 0. The number of benzene rings is 2. The van der Waals surface area contributed by atoms with Crippen LogP contribution in [-0.4, -0.2) is 36.3 Å². The molecule has 2 heterocycles. The topological polar surface area (TPSA) is 64.5 Å². The first-order valence-corrected chi connectivity index (χ1v) is 9.45. The number of anilines is 1. The van der Waals surface area contributed by atoms with Gasteiger partial charge >= 0.3 is 0 Å². The number of hydrogen-bond donors (Lipinski definition) is 1. The van der Waals surface area contributed by atoms with Crippen LogP contribution in [0.2, 0.25) is 0 Å². The van der Waals surface area contributed by atoms with Gasteiger partial charge in [-0.3, -0.25) is 0 Å². The van der Waals surface area contributed by atoms with E-state index in [1.54, 1.807) is 6.07 Å². The van der Waals surface area contributed by atoms with E-state index in [0.29, 0.717) is 23.8 Å². The van der Waals surface area contributed by atoms with Crippen LogP contribution in [0.25, 0.3) is 11.0 Å². The molecule has 1 aliphatic rings. The number of hydrogen-bond acceptors (Lipinski definition) is 5. The van der Waals surface area contributed by atoms with Crippen molar-refractivity contribution >= 4 is 41.5 Å². The van der Waals surface area contributed by atoms with Crippen LogP contribution in [0.1, 0.15) is 30.9 Å². The van der Waals surface area contributed by atoms with E-state index < -0.39 is 0 Å². The first-order chi connectivity index (χ1) is 13.2. The predicted molar refractivity (Wildman–Crippen MR) is 118 cm³/mol. The molecular weight excluding hydrogens is 416 g/mol. The van der Waals surface area contributed by atoms with Gasteiger partial charge in [0.1, 0.15) is 11.6 Å². The molecule has 0 spiro atoms. The first-order valence-electron chi connectivity index (χ1n) is 9.45. The van der Waals surface area contributed by atoms with Gasteiger partial charge in [-0.05, 0) is 56.6 Å². The Morgan fingerprint density at radius 1 is 1.14 bits per heavy atom. The molecule has 0 aliphatic carbocycles. The van der Waals surface area contributed by atoms with Gasteiger partial charge < -0.3 is 19.9 Å². The number of para-hydroxylation sites is 2. The highest BCUT2D eigenvalue weighted by molar-refractivity contribution is 5.85. The van der Waals surface area contributed by atoms with Gasteiger partial charge in [0, 0.05) is 23.9 Å². The lowest BCUT2D eigenvalue weighted by Crippen LogP contribution is -2.34. The molecule has 4 rings (SSSR count). The molecule has 2 N–H and O–H groups in total. The van der Waals surface area contributed by atoms with Gasteiger partial charge in [0.05, 0.1) is 18.0 Å². The van der Waals surface area contributed by atoms with E-state index in [9.17, 15) is 4.39 Å². The third kappa shape index (κ3) is 5.53. The Balaban J connectivity index is 0.00000150. The molecule has 0 saturated carbocycles. The number of nitrogens with two attached hydrogens (primary N) is 1. The Bertz CT molecular complexity index is 914. The van der Waals surface area contributed by atoms with Crippen molar-refractivity contribution in [1.29, 1.82) is 0 Å². The minimum atomic E-state index is -0.292. The Kier molecular flexibility index (Phi) is 8.56. The van der Waals surface area contributed by atoms with Crippen molar-refractivity contribution < 1.29 is 13.7 Å². The highest BCUT2D eigenvalue weighted by Gasteiger charge is 2.24. The fraction of sp³-hybridized carbons (Fsp3) is 0.381. The second-order valence-corrected chi connectivity index (χ2v) is 7.06. The maximum absolute atomic E-state index is 13.3. The summed E-state index contributed by atoms with van der Waals surface area (Å²) in [5, 5.41) is 5.14. The van der Waals surface area contributed by atoms with Crippen LogP contribution < -0.4 is 10.5 Å². The Morgan fingerprint density at radius 2 is 1.90 bits per heavy atom. The molecule has 0 unspecified atom stereocenters. The zero-order valence-electron chi connectivity index (χ0n) is 16.1. The summed E-state index contributed by atoms with van der Waals surface area (Å²) in [6, 6.07) is 12.2. The predicted octanol–water partition coefficient (Wildman–Crippen LogP) is 5.04. The first kappa shape index (κ1) is 23.3. The number of piperidine rings is 1. The summed E-state index contributed by atoms with van der Waals surface area (Å²) in [4.78, 5) is 2.45. The molecule has 0 bridgehead atoms. The van der Waals surface area contributed by atoms with E-state index in [0.717, 1.165) is 55.7 Å². The zero-order chi connectivity index (χ0) is 18.6. The summed E-state index contributed by atoms with van der Waals surface area (Å²) >= 11 is 0. The van der Waals surface area contributed by atoms with Crippen LogP contribution in [0, 0.1) is 5.82 Å². The van der Waals surface area contributed by atoms with E-state index in [1.165, 1.54) is 12.1 Å². The maximum Gasteiger partial charge on any atom is 0.170 e. The van der Waals surface area contributed by atoms with Gasteiger partial charge in [-0.1, -0.05) is 17.3 Å². The molecule has 0 atom stereocenters. The quantitative estimate of drug-likeness (QED) is 0.428. The number of likely N-dealkylation sites (tertiary alicyclic amines) is 1. The molecular formula is C21H26Cl2FN3O2. The number of nitrogen functional groups attached to an aromatic ring is 1. The van der Waals surface area contributed by atoms with Crippen LogP contribution in [-0.2, 0) is 0 Å². The molecule has 5 nitrogen and oxygen atoms in total. The van der Waals surface area contributed by atoms with Crippen molar-refractivity contribution in [2.75, 3.05) is 32.0 Å². The molecule has 1 aliphatic heterocycles. The smallest absolute Gasteiger partial charge is 0.170 e. The summed E-state index contributed by atoms with van der Waals surface area (Å²) in [6.45, 7) is 3.71. The average molecular weight is 442 g/mol. The van der Waals surface area contributed by atoms with Crippen molar-refractivity contribution in [3.8, 4) is 5.75 Å². The van der Waals surface area contributed by atoms with Crippen LogP contribution in [0.3, 0.4) is 0 Å². The second kappa shape index (κ2) is 10.7. The van der Waals surface area contributed by atoms with E-state index in [-0.39, 0.29) is 30.6 Å². The van der Waals surface area contributed by atoms with Crippen molar-refractivity contribution in [1.82, 2.24) is 10.1 Å². The van der Waals surface area contributed by atoms with Gasteiger partial charge in [-0.25, -0.2) is 4.39 Å². The summed E-state index contributed by atoms with van der Waals surface area (Å²) in [6.07, 6.45) is 3.03. The van der Waals surface area contributed by atoms with Gasteiger partial charge in [-0.2, -0.15) is 0 Å². The molecule has 0 radical (unpaired) electrons. The average Bonchev–Trinajstić information content (AvgIpc) is 3.10. The fourth-order valence-electron chi connectivity index (χ4n) is 3.74. The number of rotatable bonds is 6. The van der Waals surface area contributed by atoms with Crippen molar-refractivity contribution in [3.63, 3.8) is 0 Å². The van der Waals surface area contributed by atoms with Crippen molar-refractivity contribution in [3.05, 3.63) is 54.0 Å². The standard InChI is InChI=1S/C21H24FN3O2.2ClH/c22-16-6-7-17-20(14-16)27-24-21(17)15-8-11-25(12-9-15)10-3-13-26-19-5-2-1-4-18(19)23;;/h1-2,4-7,14-15H,3,8-13,23H2;2*1H. The number of nitrogens with zero attached hydrogens (tertiary/aromatic N) is 2. The van der Waals surface area contributed by atoms with Crippen molar-refractivity contribution in [2.24, 2.45) is 0 Å². The molecule has 1 fully saturated rings. The lowest BCUT2D eigenvalue weighted by Gasteiger charge is -2.31. The van der Waals surface area contributed by atoms with E-state index in [1.807, 2.05) is 24.3 Å². The number of ether oxygens (including phenoxy) is 1. The number of aromatic nitrogens is 1. The van der Waals surface area contributed by atoms with Crippen LogP contribution >= 0.6 is 24.8 Å². The largest absolute Gasteiger partial charge is 0.491 e. The van der Waals surface area contributed by atoms with Crippen LogP contribution in [0.15, 0.2) is 47.0 Å². The Labute approximate surface area is 182 Å². The second-order valence-electron chi connectivity index (χ2n) is 7.06. The fourth-order valence-corrected chi connectivity index (χ4v) is 3.74. The molecule has 29 heavy (non-hydrogen) atoms. The monoisotopic (exact) mass is 441 g/mol. The molecule has 158 valence electrons. The lowest BCUT2D eigenvalue weighted by molar-refractivity contribution is 0.191. The molecule has 1 saturated heterocycles. The van der Waals surface area contributed by atoms with E-state index in [2.05, 4.69) is 10.1 Å². The minimum Gasteiger partial charge on any atom is -0.491 e. The maximum atomic E-state index is 13.3. The molecule has 1 aromatic heterocycles. The summed E-state index contributed by atoms with van der Waals surface area (Å²) in [5.74, 6) is 0.832. The highest BCUT2D eigenvalue weighted by Crippen LogP contribution is 2.32. The third-order valence-electron chi connectivity index (χ3n) is 5.23. The summed E-state index contributed by atoms with van der Waals surface area (Å²) in [5.41, 5.74) is 8.06. The van der Waals surface area contributed by atoms with Gasteiger partial charge in [-0.15, -0.1) is 24.8 Å². The van der Waals surface area contributed by atoms with Crippen LogP contribution in [0.4, 0.5) is 10.1 Å². The summed E-state index contributed by atoms with van der Waals surface area (Å²) < 4.78 is 24.4. The minimum absolute atomic E-state index is 0. The zero-order valence-corrected chi connectivity index (χ0v) is 17.7. The van der Waals surface area contributed by atoms with E-state index >= 15 is 0 Å². The normalized spacial score (nSPS) is 14.9. The van der Waals surface area contributed by atoms with Gasteiger partial charge in [0.25, 0.3) is 0 Å². The molecule has 0 amide bonds. The van der Waals surface area contributed by atoms with Gasteiger partial charge in [0.2, 0.25) is 0 Å². The van der Waals surface area contributed by atoms with Gasteiger partial charge in [0.15, 0.2) is 5.58 Å². The third-order valence-corrected chi connectivity index (χ3v) is 5.23.